The number of aryl methyl sites for hydroxylation is 1. The Morgan fingerprint density at radius 2 is 1.74 bits per heavy atom. The molecule has 1 atom stereocenters. The predicted molar refractivity (Wildman–Crippen MR) is 111 cm³/mol. The smallest absolute Gasteiger partial charge is 0.251 e. The molecule has 146 valence electrons. The molecule has 0 aromatic heterocycles. The van der Waals surface area contributed by atoms with Gasteiger partial charge in [0.15, 0.2) is 0 Å². The summed E-state index contributed by atoms with van der Waals surface area (Å²) >= 11 is 0. The third-order valence-corrected chi connectivity index (χ3v) is 5.70. The largest absolute Gasteiger partial charge is 0.345 e. The zero-order valence-electron chi connectivity index (χ0n) is 16.6. The topological polar surface area (TPSA) is 66.5 Å². The summed E-state index contributed by atoms with van der Waals surface area (Å²) < 4.78 is 24.7. The zero-order valence-corrected chi connectivity index (χ0v) is 17.4. The fraction of sp³-hybridized carbons (Fsp3) is 0.381. The van der Waals surface area contributed by atoms with Crippen LogP contribution in [0.1, 0.15) is 47.8 Å². The van der Waals surface area contributed by atoms with E-state index in [1.807, 2.05) is 30.3 Å². The fourth-order valence-electron chi connectivity index (χ4n) is 3.01. The minimum Gasteiger partial charge on any atom is -0.345 e. The van der Waals surface area contributed by atoms with Gasteiger partial charge in [-0.05, 0) is 48.6 Å². The molecule has 27 heavy (non-hydrogen) atoms. The van der Waals surface area contributed by atoms with E-state index in [0.717, 1.165) is 23.8 Å². The second-order valence-corrected chi connectivity index (χ2v) is 9.31. The van der Waals surface area contributed by atoms with E-state index < -0.39 is 10.0 Å². The summed E-state index contributed by atoms with van der Waals surface area (Å²) in [7, 11) is -1.84. The number of hydrogen-bond acceptors (Lipinski definition) is 3. The number of carbonyl (C=O) groups excluding carboxylic acids is 1. The van der Waals surface area contributed by atoms with Crippen molar-refractivity contribution < 1.29 is 13.2 Å². The molecule has 2 rings (SSSR count). The highest BCUT2D eigenvalue weighted by Gasteiger charge is 2.19. The Bertz CT molecular complexity index is 893. The lowest BCUT2D eigenvalue weighted by molar-refractivity contribution is 0.0932. The van der Waals surface area contributed by atoms with Crippen LogP contribution in [-0.4, -0.2) is 27.6 Å². The standard InChI is InChI=1S/C21H28N2O3S/c1-15(2)13-19(17-9-7-6-8-10-17)22-21(24)18-11-12-20(16(3)14-18)23(4)27(5,25)26/h6-12,14-15,19H,13H2,1-5H3,(H,22,24)/t19-/m0/s1. The second kappa shape index (κ2) is 8.57. The summed E-state index contributed by atoms with van der Waals surface area (Å²) in [6.07, 6.45) is 1.99. The molecule has 0 heterocycles. The van der Waals surface area contributed by atoms with E-state index in [1.54, 1.807) is 25.1 Å². The van der Waals surface area contributed by atoms with Crippen molar-refractivity contribution in [1.82, 2.24) is 5.32 Å². The van der Waals surface area contributed by atoms with E-state index in [2.05, 4.69) is 19.2 Å². The molecule has 0 bridgehead atoms. The van der Waals surface area contributed by atoms with Crippen molar-refractivity contribution in [1.29, 1.82) is 0 Å². The summed E-state index contributed by atoms with van der Waals surface area (Å²) in [5, 5.41) is 3.12. The van der Waals surface area contributed by atoms with Crippen LogP contribution in [0, 0.1) is 12.8 Å². The molecular formula is C21H28N2O3S. The van der Waals surface area contributed by atoms with Crippen LogP contribution in [0.25, 0.3) is 0 Å². The predicted octanol–water partition coefficient (Wildman–Crippen LogP) is 3.91. The minimum absolute atomic E-state index is 0.0719. The molecule has 5 nitrogen and oxygen atoms in total. The average Bonchev–Trinajstić information content (AvgIpc) is 2.60. The number of sulfonamides is 1. The number of anilines is 1. The Morgan fingerprint density at radius 1 is 1.11 bits per heavy atom. The third-order valence-electron chi connectivity index (χ3n) is 4.51. The van der Waals surface area contributed by atoms with Gasteiger partial charge in [-0.3, -0.25) is 9.10 Å². The Balaban J connectivity index is 2.24. The van der Waals surface area contributed by atoms with E-state index >= 15 is 0 Å². The maximum Gasteiger partial charge on any atom is 0.251 e. The number of nitrogens with one attached hydrogen (secondary N) is 1. The van der Waals surface area contributed by atoms with Gasteiger partial charge in [-0.1, -0.05) is 44.2 Å². The molecular weight excluding hydrogens is 360 g/mol. The van der Waals surface area contributed by atoms with Gasteiger partial charge in [0.25, 0.3) is 5.91 Å². The SMILES string of the molecule is Cc1cc(C(=O)N[C@@H](CC(C)C)c2ccccc2)ccc1N(C)S(C)(=O)=O. The Morgan fingerprint density at radius 3 is 2.26 bits per heavy atom. The van der Waals surface area contributed by atoms with Crippen molar-refractivity contribution in [3.8, 4) is 0 Å². The van der Waals surface area contributed by atoms with Gasteiger partial charge in [-0.25, -0.2) is 8.42 Å². The zero-order chi connectivity index (χ0) is 20.2. The van der Waals surface area contributed by atoms with Gasteiger partial charge in [-0.15, -0.1) is 0 Å². The van der Waals surface area contributed by atoms with Crippen LogP contribution in [0.15, 0.2) is 48.5 Å². The van der Waals surface area contributed by atoms with Crippen LogP contribution < -0.4 is 9.62 Å². The minimum atomic E-state index is -3.35. The van der Waals surface area contributed by atoms with Gasteiger partial charge in [0.1, 0.15) is 0 Å². The molecule has 1 amide bonds. The first-order chi connectivity index (χ1) is 12.6. The molecule has 0 aliphatic heterocycles. The number of hydrogen-bond donors (Lipinski definition) is 1. The van der Waals surface area contributed by atoms with Gasteiger partial charge in [-0.2, -0.15) is 0 Å². The molecule has 0 aliphatic rings. The van der Waals surface area contributed by atoms with E-state index in [4.69, 9.17) is 0 Å². The van der Waals surface area contributed by atoms with Crippen LogP contribution in [0.5, 0.6) is 0 Å². The Kier molecular flexibility index (Phi) is 6.65. The first-order valence-corrected chi connectivity index (χ1v) is 10.8. The van der Waals surface area contributed by atoms with Crippen molar-refractivity contribution in [2.24, 2.45) is 5.92 Å². The monoisotopic (exact) mass is 388 g/mol. The number of nitrogens with zero attached hydrogens (tertiary/aromatic N) is 1. The maximum absolute atomic E-state index is 12.8. The molecule has 0 fully saturated rings. The van der Waals surface area contributed by atoms with Gasteiger partial charge < -0.3 is 5.32 Å². The molecule has 2 aromatic rings. The highest BCUT2D eigenvalue weighted by molar-refractivity contribution is 7.92. The molecule has 0 radical (unpaired) electrons. The van der Waals surface area contributed by atoms with E-state index in [0.29, 0.717) is 17.2 Å². The van der Waals surface area contributed by atoms with Crippen molar-refractivity contribution >= 4 is 21.6 Å². The highest BCUT2D eigenvalue weighted by Crippen LogP contribution is 2.24. The summed E-state index contributed by atoms with van der Waals surface area (Å²) in [6.45, 7) is 6.06. The lowest BCUT2D eigenvalue weighted by atomic mass is 9.96. The Hall–Kier alpha value is -2.34. The molecule has 0 saturated carbocycles. The van der Waals surface area contributed by atoms with Crippen LogP contribution in [0.2, 0.25) is 0 Å². The maximum atomic E-state index is 12.8. The van der Waals surface area contributed by atoms with E-state index in [1.165, 1.54) is 11.4 Å². The normalized spacial score (nSPS) is 12.7. The molecule has 6 heteroatoms. The molecule has 0 spiro atoms. The van der Waals surface area contributed by atoms with Crippen molar-refractivity contribution in [3.63, 3.8) is 0 Å². The van der Waals surface area contributed by atoms with Gasteiger partial charge in [0.05, 0.1) is 18.0 Å². The van der Waals surface area contributed by atoms with Crippen LogP contribution in [0.4, 0.5) is 5.69 Å². The highest BCUT2D eigenvalue weighted by atomic mass is 32.2. The third kappa shape index (κ3) is 5.57. The van der Waals surface area contributed by atoms with Crippen LogP contribution in [0.3, 0.4) is 0 Å². The fourth-order valence-corrected chi connectivity index (χ4v) is 3.57. The number of rotatable bonds is 7. The molecule has 0 unspecified atom stereocenters. The van der Waals surface area contributed by atoms with Crippen molar-refractivity contribution in [3.05, 3.63) is 65.2 Å². The first kappa shape index (κ1) is 21.0. The summed E-state index contributed by atoms with van der Waals surface area (Å²) in [6, 6.07) is 14.9. The summed E-state index contributed by atoms with van der Waals surface area (Å²) in [5.74, 6) is 0.268. The molecule has 0 aliphatic carbocycles. The Labute approximate surface area is 162 Å². The summed E-state index contributed by atoms with van der Waals surface area (Å²) in [5.41, 5.74) is 2.89. The molecule has 0 saturated heterocycles. The molecule has 2 aromatic carbocycles. The van der Waals surface area contributed by atoms with Crippen LogP contribution in [-0.2, 0) is 10.0 Å². The van der Waals surface area contributed by atoms with E-state index in [9.17, 15) is 13.2 Å². The van der Waals surface area contributed by atoms with E-state index in [-0.39, 0.29) is 11.9 Å². The lowest BCUT2D eigenvalue weighted by Crippen LogP contribution is -2.30. The number of amides is 1. The molecule has 1 N–H and O–H groups in total. The average molecular weight is 389 g/mol. The van der Waals surface area contributed by atoms with Crippen molar-refractivity contribution in [2.45, 2.75) is 33.2 Å². The van der Waals surface area contributed by atoms with Gasteiger partial charge in [0, 0.05) is 12.6 Å². The lowest BCUT2D eigenvalue weighted by Gasteiger charge is -2.22. The van der Waals surface area contributed by atoms with Gasteiger partial charge in [0.2, 0.25) is 10.0 Å². The first-order valence-electron chi connectivity index (χ1n) is 9.00. The van der Waals surface area contributed by atoms with Crippen LogP contribution >= 0.6 is 0 Å². The summed E-state index contributed by atoms with van der Waals surface area (Å²) in [4.78, 5) is 12.8. The quantitative estimate of drug-likeness (QED) is 0.782. The second-order valence-electron chi connectivity index (χ2n) is 7.30. The van der Waals surface area contributed by atoms with Gasteiger partial charge >= 0.3 is 0 Å². The number of carbonyl (C=O) groups is 1. The number of benzene rings is 2. The van der Waals surface area contributed by atoms with Crippen molar-refractivity contribution in [2.75, 3.05) is 17.6 Å².